The van der Waals surface area contributed by atoms with E-state index in [1.54, 1.807) is 11.1 Å². The van der Waals surface area contributed by atoms with Gasteiger partial charge in [0.2, 0.25) is 15.9 Å². The van der Waals surface area contributed by atoms with Crippen LogP contribution in [0.1, 0.15) is 83.5 Å². The van der Waals surface area contributed by atoms with E-state index in [0.717, 1.165) is 12.7 Å². The van der Waals surface area contributed by atoms with E-state index >= 15 is 0 Å². The first-order valence-electron chi connectivity index (χ1n) is 12.2. The first kappa shape index (κ1) is 27.5. The third kappa shape index (κ3) is 7.44. The molecule has 3 N–H and O–H groups in total. The maximum absolute atomic E-state index is 13.3. The third-order valence-corrected chi connectivity index (χ3v) is 7.05. The number of carbonyl (C=O) groups excluding carboxylic acids is 2. The zero-order chi connectivity index (χ0) is 26.2. The van der Waals surface area contributed by atoms with Crippen LogP contribution < -0.4 is 15.4 Å². The molecule has 0 unspecified atom stereocenters. The van der Waals surface area contributed by atoms with Crippen LogP contribution in [0.5, 0.6) is 0 Å². The first-order chi connectivity index (χ1) is 16.0. The molecule has 0 radical (unpaired) electrons. The van der Waals surface area contributed by atoms with Gasteiger partial charge in [-0.15, -0.1) is 0 Å². The van der Waals surface area contributed by atoms with Gasteiger partial charge in [0, 0.05) is 41.8 Å². The maximum atomic E-state index is 13.3. The molecule has 1 aromatic rings. The summed E-state index contributed by atoms with van der Waals surface area (Å²) in [5, 5.41) is 6.38. The second-order valence-electron chi connectivity index (χ2n) is 11.8. The standard InChI is InChI=1S/C24H40N6O4S/c1-23(2,3)22-25-12-10-16(27-22)20(31)26-17-11-13-30(21(17)32)19-9-8-15(28-24(4,5)6)14-18(19)29-35(7,33)34/h10,12,15,17-19,28-29H,8-9,11,13-14H2,1-7H3,(H,26,31)/t15-,17+,18+,19+/m1/s1. The fraction of sp³-hybridized carbons (Fsp3) is 0.750. The smallest absolute Gasteiger partial charge is 0.270 e. The summed E-state index contributed by atoms with van der Waals surface area (Å²) in [4.78, 5) is 36.5. The molecular weight excluding hydrogens is 468 g/mol. The zero-order valence-electron chi connectivity index (χ0n) is 21.9. The molecule has 11 heteroatoms. The Kier molecular flexibility index (Phi) is 7.93. The minimum Gasteiger partial charge on any atom is -0.339 e. The summed E-state index contributed by atoms with van der Waals surface area (Å²) < 4.78 is 26.9. The maximum Gasteiger partial charge on any atom is 0.270 e. The molecule has 2 amide bonds. The van der Waals surface area contributed by atoms with Gasteiger partial charge in [-0.25, -0.2) is 23.1 Å². The highest BCUT2D eigenvalue weighted by molar-refractivity contribution is 7.88. The Hall–Kier alpha value is -2.11. The quantitative estimate of drug-likeness (QED) is 0.528. The fourth-order valence-corrected chi connectivity index (χ4v) is 5.72. The highest BCUT2D eigenvalue weighted by Gasteiger charge is 2.43. The predicted octanol–water partition coefficient (Wildman–Crippen LogP) is 1.33. The van der Waals surface area contributed by atoms with Crippen molar-refractivity contribution in [3.8, 4) is 0 Å². The summed E-state index contributed by atoms with van der Waals surface area (Å²) in [6.45, 7) is 12.6. The highest BCUT2D eigenvalue weighted by atomic mass is 32.2. The molecule has 0 aromatic carbocycles. The molecule has 2 aliphatic rings. The average Bonchev–Trinajstić information content (AvgIpc) is 3.05. The van der Waals surface area contributed by atoms with Crippen molar-refractivity contribution in [2.45, 2.75) is 102 Å². The van der Waals surface area contributed by atoms with Crippen LogP contribution in [-0.4, -0.2) is 77.6 Å². The number of rotatable bonds is 6. The van der Waals surface area contributed by atoms with Gasteiger partial charge in [-0.1, -0.05) is 20.8 Å². The van der Waals surface area contributed by atoms with E-state index < -0.39 is 28.0 Å². The van der Waals surface area contributed by atoms with E-state index in [1.807, 2.05) is 20.8 Å². The van der Waals surface area contributed by atoms with E-state index in [0.29, 0.717) is 31.6 Å². The molecule has 2 heterocycles. The van der Waals surface area contributed by atoms with Crippen LogP contribution >= 0.6 is 0 Å². The molecule has 35 heavy (non-hydrogen) atoms. The van der Waals surface area contributed by atoms with Gasteiger partial charge in [0.25, 0.3) is 5.91 Å². The van der Waals surface area contributed by atoms with Crippen LogP contribution in [0.3, 0.4) is 0 Å². The summed E-state index contributed by atoms with van der Waals surface area (Å²) in [6, 6.07) is 0.363. The van der Waals surface area contributed by atoms with Crippen molar-refractivity contribution in [1.82, 2.24) is 30.2 Å². The van der Waals surface area contributed by atoms with Crippen LogP contribution in [0, 0.1) is 0 Å². The summed E-state index contributed by atoms with van der Waals surface area (Å²) in [5.41, 5.74) is -0.181. The second-order valence-corrected chi connectivity index (χ2v) is 13.6. The first-order valence-corrected chi connectivity index (χ1v) is 14.1. The van der Waals surface area contributed by atoms with Gasteiger partial charge in [-0.3, -0.25) is 9.59 Å². The second kappa shape index (κ2) is 10.1. The third-order valence-electron chi connectivity index (χ3n) is 6.32. The fourth-order valence-electron chi connectivity index (χ4n) is 4.92. The van der Waals surface area contributed by atoms with E-state index in [1.165, 1.54) is 6.07 Å². The molecule has 1 saturated carbocycles. The van der Waals surface area contributed by atoms with Crippen molar-refractivity contribution >= 4 is 21.8 Å². The zero-order valence-corrected chi connectivity index (χ0v) is 22.7. The van der Waals surface area contributed by atoms with E-state index in [-0.39, 0.29) is 34.6 Å². The summed E-state index contributed by atoms with van der Waals surface area (Å²) >= 11 is 0. The van der Waals surface area contributed by atoms with Gasteiger partial charge in [-0.05, 0) is 52.5 Å². The number of carbonyl (C=O) groups is 2. The van der Waals surface area contributed by atoms with Crippen LogP contribution in [0.2, 0.25) is 0 Å². The lowest BCUT2D eigenvalue weighted by Crippen LogP contribution is -2.59. The van der Waals surface area contributed by atoms with Crippen LogP contribution in [-0.2, 0) is 20.2 Å². The monoisotopic (exact) mass is 508 g/mol. The lowest BCUT2D eigenvalue weighted by molar-refractivity contribution is -0.132. The normalized spacial score (nSPS) is 26.1. The summed E-state index contributed by atoms with van der Waals surface area (Å²) in [5.74, 6) is -0.0437. The lowest BCUT2D eigenvalue weighted by atomic mass is 9.85. The van der Waals surface area contributed by atoms with Crippen molar-refractivity contribution < 1.29 is 18.0 Å². The molecule has 4 atom stereocenters. The summed E-state index contributed by atoms with van der Waals surface area (Å²) in [6.07, 6.45) is 5.26. The number of nitrogens with zero attached hydrogens (tertiary/aromatic N) is 3. The van der Waals surface area contributed by atoms with E-state index in [9.17, 15) is 18.0 Å². The molecule has 0 bridgehead atoms. The number of nitrogens with one attached hydrogen (secondary N) is 3. The average molecular weight is 509 g/mol. The molecule has 1 aliphatic heterocycles. The van der Waals surface area contributed by atoms with Gasteiger partial charge in [0.15, 0.2) is 0 Å². The Balaban J connectivity index is 1.71. The Morgan fingerprint density at radius 1 is 1.11 bits per heavy atom. The Labute approximate surface area is 209 Å². The van der Waals surface area contributed by atoms with Gasteiger partial charge >= 0.3 is 0 Å². The van der Waals surface area contributed by atoms with Crippen LogP contribution in [0.25, 0.3) is 0 Å². The van der Waals surface area contributed by atoms with E-state index in [2.05, 4.69) is 46.1 Å². The molecule has 3 rings (SSSR count). The highest BCUT2D eigenvalue weighted by Crippen LogP contribution is 2.29. The van der Waals surface area contributed by atoms with Crippen molar-refractivity contribution in [2.24, 2.45) is 0 Å². The minimum absolute atomic E-state index is 0.0974. The number of hydrogen-bond donors (Lipinski definition) is 3. The van der Waals surface area contributed by atoms with Crippen LogP contribution in [0.4, 0.5) is 0 Å². The van der Waals surface area contributed by atoms with Gasteiger partial charge in [-0.2, -0.15) is 0 Å². The Bertz CT molecular complexity index is 1050. The number of aromatic nitrogens is 2. The van der Waals surface area contributed by atoms with Crippen molar-refractivity contribution in [3.63, 3.8) is 0 Å². The van der Waals surface area contributed by atoms with E-state index in [4.69, 9.17) is 0 Å². The predicted molar refractivity (Wildman–Crippen MR) is 134 cm³/mol. The molecule has 0 spiro atoms. The molecular formula is C24H40N6O4S. The van der Waals surface area contributed by atoms with Gasteiger partial charge in [0.1, 0.15) is 17.6 Å². The largest absolute Gasteiger partial charge is 0.339 e. The molecule has 2 fully saturated rings. The van der Waals surface area contributed by atoms with Crippen LogP contribution in [0.15, 0.2) is 12.3 Å². The molecule has 196 valence electrons. The molecule has 1 aliphatic carbocycles. The molecule has 10 nitrogen and oxygen atoms in total. The number of hydrogen-bond acceptors (Lipinski definition) is 7. The van der Waals surface area contributed by atoms with Gasteiger partial charge in [0.05, 0.1) is 6.26 Å². The topological polar surface area (TPSA) is 133 Å². The SMILES string of the molecule is CC(C)(C)N[C@@H]1CC[C@H](N2CC[C@H](NC(=O)c3ccnc(C(C)(C)C)n3)C2=O)[C@@H](NS(C)(=O)=O)C1. The van der Waals surface area contributed by atoms with Crippen molar-refractivity contribution in [3.05, 3.63) is 23.8 Å². The van der Waals surface area contributed by atoms with Crippen molar-refractivity contribution in [2.75, 3.05) is 12.8 Å². The number of sulfonamides is 1. The number of likely N-dealkylation sites (tertiary alicyclic amines) is 1. The van der Waals surface area contributed by atoms with Gasteiger partial charge < -0.3 is 15.5 Å². The Morgan fingerprint density at radius 2 is 1.80 bits per heavy atom. The Morgan fingerprint density at radius 3 is 2.40 bits per heavy atom. The molecule has 1 aromatic heterocycles. The lowest BCUT2D eigenvalue weighted by Gasteiger charge is -2.43. The summed E-state index contributed by atoms with van der Waals surface area (Å²) in [7, 11) is -3.46. The molecule has 1 saturated heterocycles. The minimum atomic E-state index is -3.46. The van der Waals surface area contributed by atoms with Crippen molar-refractivity contribution in [1.29, 1.82) is 0 Å². The number of amides is 2.